The van der Waals surface area contributed by atoms with Gasteiger partial charge in [-0.25, -0.2) is 0 Å². The first kappa shape index (κ1) is 13.8. The third-order valence-electron chi connectivity index (χ3n) is 3.79. The van der Waals surface area contributed by atoms with Crippen molar-refractivity contribution in [3.05, 3.63) is 0 Å². The average Bonchev–Trinajstić information content (AvgIpc) is 2.87. The van der Waals surface area contributed by atoms with Crippen molar-refractivity contribution in [2.75, 3.05) is 39.9 Å². The molecule has 0 saturated carbocycles. The van der Waals surface area contributed by atoms with Gasteiger partial charge in [0.1, 0.15) is 0 Å². The Hall–Kier alpha value is -0.650. The van der Waals surface area contributed by atoms with Gasteiger partial charge in [0.15, 0.2) is 0 Å². The van der Waals surface area contributed by atoms with Gasteiger partial charge in [-0.2, -0.15) is 0 Å². The van der Waals surface area contributed by atoms with Gasteiger partial charge in [-0.3, -0.25) is 4.79 Å². The van der Waals surface area contributed by atoms with E-state index in [9.17, 15) is 4.79 Å². The van der Waals surface area contributed by atoms with E-state index in [2.05, 4.69) is 12.2 Å². The predicted octanol–water partition coefficient (Wildman–Crippen LogP) is 0.248. The van der Waals surface area contributed by atoms with Crippen molar-refractivity contribution in [3.8, 4) is 0 Å². The highest BCUT2D eigenvalue weighted by molar-refractivity contribution is 5.79. The van der Waals surface area contributed by atoms with Crippen LogP contribution in [0, 0.1) is 5.92 Å². The van der Waals surface area contributed by atoms with Crippen molar-refractivity contribution >= 4 is 5.91 Å². The fraction of sp³-hybridized carbons (Fsp3) is 0.923. The molecular weight excluding hydrogens is 232 g/mol. The molecule has 0 spiro atoms. The van der Waals surface area contributed by atoms with Crippen molar-refractivity contribution in [3.63, 3.8) is 0 Å². The lowest BCUT2D eigenvalue weighted by molar-refractivity contribution is -0.138. The molecule has 2 aliphatic rings. The highest BCUT2D eigenvalue weighted by Gasteiger charge is 2.35. The van der Waals surface area contributed by atoms with Crippen LogP contribution in [0.5, 0.6) is 0 Å². The van der Waals surface area contributed by atoms with Gasteiger partial charge >= 0.3 is 0 Å². The van der Waals surface area contributed by atoms with Gasteiger partial charge in [0.2, 0.25) is 5.91 Å². The number of amides is 1. The number of morpholine rings is 1. The van der Waals surface area contributed by atoms with Crippen LogP contribution in [0.4, 0.5) is 0 Å². The quantitative estimate of drug-likeness (QED) is 0.783. The second-order valence-corrected chi connectivity index (χ2v) is 5.13. The molecule has 18 heavy (non-hydrogen) atoms. The molecular formula is C13H24N2O3. The van der Waals surface area contributed by atoms with E-state index in [1.165, 1.54) is 0 Å². The molecule has 5 heteroatoms. The zero-order valence-corrected chi connectivity index (χ0v) is 11.4. The molecule has 1 amide bonds. The SMILES string of the molecule is CCC1OCCC1C(=O)N(C)CC1CNCCO1. The molecule has 2 heterocycles. The maximum Gasteiger partial charge on any atom is 0.228 e. The van der Waals surface area contributed by atoms with E-state index in [1.54, 1.807) is 4.90 Å². The van der Waals surface area contributed by atoms with Crippen LogP contribution < -0.4 is 5.32 Å². The van der Waals surface area contributed by atoms with E-state index in [0.29, 0.717) is 13.2 Å². The van der Waals surface area contributed by atoms with Crippen LogP contribution in [0.3, 0.4) is 0 Å². The Bertz CT molecular complexity index is 279. The lowest BCUT2D eigenvalue weighted by Gasteiger charge is -2.30. The van der Waals surface area contributed by atoms with Crippen LogP contribution in [0.1, 0.15) is 19.8 Å². The maximum atomic E-state index is 12.4. The largest absolute Gasteiger partial charge is 0.377 e. The molecule has 0 aromatic heterocycles. The molecule has 0 radical (unpaired) electrons. The highest BCUT2D eigenvalue weighted by Crippen LogP contribution is 2.25. The molecule has 2 rings (SSSR count). The Kier molecular flexibility index (Phi) is 4.97. The summed E-state index contributed by atoms with van der Waals surface area (Å²) < 4.78 is 11.2. The van der Waals surface area contributed by atoms with Gasteiger partial charge in [0.25, 0.3) is 0 Å². The fourth-order valence-corrected chi connectivity index (χ4v) is 2.75. The predicted molar refractivity (Wildman–Crippen MR) is 68.4 cm³/mol. The minimum Gasteiger partial charge on any atom is -0.377 e. The summed E-state index contributed by atoms with van der Waals surface area (Å²) in [7, 11) is 1.87. The van der Waals surface area contributed by atoms with Crippen LogP contribution in [0.25, 0.3) is 0 Å². The van der Waals surface area contributed by atoms with Crippen LogP contribution in [0.15, 0.2) is 0 Å². The molecule has 0 aromatic carbocycles. The summed E-state index contributed by atoms with van der Waals surface area (Å²) >= 11 is 0. The first-order valence-electron chi connectivity index (χ1n) is 6.91. The van der Waals surface area contributed by atoms with E-state index in [-0.39, 0.29) is 24.0 Å². The van der Waals surface area contributed by atoms with Crippen molar-refractivity contribution in [1.29, 1.82) is 0 Å². The molecule has 3 atom stereocenters. The number of likely N-dealkylation sites (N-methyl/N-ethyl adjacent to an activating group) is 1. The van der Waals surface area contributed by atoms with Crippen molar-refractivity contribution < 1.29 is 14.3 Å². The Balaban J connectivity index is 1.83. The fourth-order valence-electron chi connectivity index (χ4n) is 2.75. The number of ether oxygens (including phenoxy) is 2. The van der Waals surface area contributed by atoms with Crippen molar-refractivity contribution in [1.82, 2.24) is 10.2 Å². The molecule has 5 nitrogen and oxygen atoms in total. The molecule has 2 saturated heterocycles. The Morgan fingerprint density at radius 2 is 2.22 bits per heavy atom. The number of nitrogens with one attached hydrogen (secondary N) is 1. The normalized spacial score (nSPS) is 32.4. The van der Waals surface area contributed by atoms with Crippen molar-refractivity contribution in [2.24, 2.45) is 5.92 Å². The summed E-state index contributed by atoms with van der Waals surface area (Å²) in [6.45, 7) is 5.92. The summed E-state index contributed by atoms with van der Waals surface area (Å²) in [5.41, 5.74) is 0. The number of nitrogens with zero attached hydrogens (tertiary/aromatic N) is 1. The molecule has 0 bridgehead atoms. The van der Waals surface area contributed by atoms with E-state index in [0.717, 1.165) is 32.5 Å². The van der Waals surface area contributed by atoms with Gasteiger partial charge in [-0.1, -0.05) is 6.92 Å². The Morgan fingerprint density at radius 1 is 1.39 bits per heavy atom. The lowest BCUT2D eigenvalue weighted by Crippen LogP contribution is -2.47. The first-order valence-corrected chi connectivity index (χ1v) is 6.91. The van der Waals surface area contributed by atoms with Gasteiger partial charge in [0.05, 0.1) is 24.7 Å². The molecule has 0 aliphatic carbocycles. The topological polar surface area (TPSA) is 50.8 Å². The smallest absolute Gasteiger partial charge is 0.228 e. The summed E-state index contributed by atoms with van der Waals surface area (Å²) in [4.78, 5) is 14.2. The second kappa shape index (κ2) is 6.50. The van der Waals surface area contributed by atoms with E-state index < -0.39 is 0 Å². The zero-order chi connectivity index (χ0) is 13.0. The van der Waals surface area contributed by atoms with E-state index >= 15 is 0 Å². The Labute approximate surface area is 109 Å². The van der Waals surface area contributed by atoms with Gasteiger partial charge in [-0.05, 0) is 12.8 Å². The van der Waals surface area contributed by atoms with Crippen LogP contribution >= 0.6 is 0 Å². The molecule has 1 N–H and O–H groups in total. The minimum atomic E-state index is 0.0385. The monoisotopic (exact) mass is 256 g/mol. The molecule has 0 aromatic rings. The van der Waals surface area contributed by atoms with Crippen LogP contribution in [-0.4, -0.2) is 62.9 Å². The van der Waals surface area contributed by atoms with Gasteiger partial charge in [0, 0.05) is 33.3 Å². The number of carbonyl (C=O) groups excluding carboxylic acids is 1. The first-order chi connectivity index (χ1) is 8.72. The van der Waals surface area contributed by atoms with E-state index in [1.807, 2.05) is 7.05 Å². The third kappa shape index (κ3) is 3.22. The number of hydrogen-bond donors (Lipinski definition) is 1. The summed E-state index contributed by atoms with van der Waals surface area (Å²) in [6.07, 6.45) is 1.98. The molecule has 104 valence electrons. The standard InChI is InChI=1S/C13H24N2O3/c1-3-12-11(4-6-18-12)13(16)15(2)9-10-8-14-5-7-17-10/h10-12,14H,3-9H2,1-2H3. The second-order valence-electron chi connectivity index (χ2n) is 5.13. The summed E-state index contributed by atoms with van der Waals surface area (Å²) in [6, 6.07) is 0. The minimum absolute atomic E-state index is 0.0385. The number of carbonyl (C=O) groups is 1. The van der Waals surface area contributed by atoms with Crippen LogP contribution in [-0.2, 0) is 14.3 Å². The van der Waals surface area contributed by atoms with Crippen LogP contribution in [0.2, 0.25) is 0 Å². The number of rotatable bonds is 4. The Morgan fingerprint density at radius 3 is 2.89 bits per heavy atom. The van der Waals surface area contributed by atoms with Crippen molar-refractivity contribution in [2.45, 2.75) is 32.0 Å². The average molecular weight is 256 g/mol. The maximum absolute atomic E-state index is 12.4. The molecule has 2 fully saturated rings. The molecule has 2 aliphatic heterocycles. The van der Waals surface area contributed by atoms with Gasteiger partial charge < -0.3 is 19.7 Å². The summed E-state index contributed by atoms with van der Waals surface area (Å²) in [5.74, 6) is 0.241. The summed E-state index contributed by atoms with van der Waals surface area (Å²) in [5, 5.41) is 3.28. The zero-order valence-electron chi connectivity index (χ0n) is 11.4. The van der Waals surface area contributed by atoms with Gasteiger partial charge in [-0.15, -0.1) is 0 Å². The lowest BCUT2D eigenvalue weighted by atomic mass is 9.98. The third-order valence-corrected chi connectivity index (χ3v) is 3.79. The number of hydrogen-bond acceptors (Lipinski definition) is 4. The molecule has 3 unspecified atom stereocenters. The van der Waals surface area contributed by atoms with E-state index in [4.69, 9.17) is 9.47 Å². The highest BCUT2D eigenvalue weighted by atomic mass is 16.5.